The molecule has 23 heavy (non-hydrogen) atoms. The van der Waals surface area contributed by atoms with E-state index in [1.165, 1.54) is 6.26 Å². The van der Waals surface area contributed by atoms with Crippen LogP contribution in [0, 0.1) is 13.8 Å². The fourth-order valence-electron chi connectivity index (χ4n) is 2.21. The van der Waals surface area contributed by atoms with Crippen molar-refractivity contribution in [2.75, 3.05) is 5.32 Å². The Hall–Kier alpha value is -2.56. The Bertz CT molecular complexity index is 739. The second kappa shape index (κ2) is 6.28. The molecule has 0 fully saturated rings. The first kappa shape index (κ1) is 16.8. The molecule has 5 nitrogen and oxygen atoms in total. The average Bonchev–Trinajstić information content (AvgIpc) is 2.85. The molecule has 0 saturated heterocycles. The summed E-state index contributed by atoms with van der Waals surface area (Å²) in [5.74, 6) is -0.224. The van der Waals surface area contributed by atoms with Crippen molar-refractivity contribution >= 4 is 17.5 Å². The monoisotopic (exact) mass is 314 g/mol. The molecule has 1 heterocycles. The summed E-state index contributed by atoms with van der Waals surface area (Å²) in [6, 6.07) is 6.98. The number of nitrogens with one attached hydrogen (secondary N) is 2. The third-order valence-corrected chi connectivity index (χ3v) is 3.38. The van der Waals surface area contributed by atoms with Gasteiger partial charge in [0.15, 0.2) is 5.76 Å². The van der Waals surface area contributed by atoms with E-state index in [1.54, 1.807) is 31.2 Å². The quantitative estimate of drug-likeness (QED) is 0.908. The molecule has 0 spiro atoms. The average molecular weight is 314 g/mol. The van der Waals surface area contributed by atoms with Gasteiger partial charge in [0.1, 0.15) is 0 Å². The number of furan rings is 1. The van der Waals surface area contributed by atoms with Crippen LogP contribution < -0.4 is 10.6 Å². The lowest BCUT2D eigenvalue weighted by molar-refractivity contribution is 0.0917. The molecule has 0 saturated carbocycles. The Kier molecular flexibility index (Phi) is 4.59. The van der Waals surface area contributed by atoms with Gasteiger partial charge in [-0.1, -0.05) is 6.07 Å². The van der Waals surface area contributed by atoms with Gasteiger partial charge in [0.2, 0.25) is 0 Å². The molecule has 0 bridgehead atoms. The van der Waals surface area contributed by atoms with Gasteiger partial charge in [-0.25, -0.2) is 0 Å². The first-order valence-corrected chi connectivity index (χ1v) is 7.46. The maximum Gasteiger partial charge on any atom is 0.291 e. The Balaban J connectivity index is 2.25. The summed E-state index contributed by atoms with van der Waals surface area (Å²) in [6.07, 6.45) is 1.48. The molecule has 2 rings (SSSR count). The van der Waals surface area contributed by atoms with E-state index >= 15 is 0 Å². The van der Waals surface area contributed by atoms with Crippen molar-refractivity contribution in [3.63, 3.8) is 0 Å². The molecule has 2 aromatic rings. The number of anilines is 1. The summed E-state index contributed by atoms with van der Waals surface area (Å²) < 4.78 is 5.19. The molecule has 2 N–H and O–H groups in total. The van der Waals surface area contributed by atoms with E-state index in [2.05, 4.69) is 10.6 Å². The van der Waals surface area contributed by atoms with Gasteiger partial charge >= 0.3 is 0 Å². The van der Waals surface area contributed by atoms with Gasteiger partial charge in [-0.3, -0.25) is 9.59 Å². The number of rotatable bonds is 3. The number of amides is 2. The first-order valence-electron chi connectivity index (χ1n) is 7.46. The standard InChI is InChI=1S/C18H22N2O3/c1-11-9-10-23-15(11)17(22)19-14-8-6-7-13(12(14)2)16(21)20-18(3,4)5/h6-10H,1-5H3,(H,19,22)(H,20,21). The third-order valence-electron chi connectivity index (χ3n) is 3.38. The molecule has 5 heteroatoms. The van der Waals surface area contributed by atoms with E-state index in [0.717, 1.165) is 5.56 Å². The number of hydrogen-bond donors (Lipinski definition) is 2. The fraction of sp³-hybridized carbons (Fsp3) is 0.333. The van der Waals surface area contributed by atoms with Gasteiger partial charge in [0, 0.05) is 22.4 Å². The third kappa shape index (κ3) is 4.00. The molecular formula is C18H22N2O3. The van der Waals surface area contributed by atoms with Crippen molar-refractivity contribution < 1.29 is 14.0 Å². The second-order valence-electron chi connectivity index (χ2n) is 6.57. The van der Waals surface area contributed by atoms with Gasteiger partial charge < -0.3 is 15.1 Å². The molecule has 2 amide bonds. The first-order chi connectivity index (χ1) is 10.7. The summed E-state index contributed by atoms with van der Waals surface area (Å²) >= 11 is 0. The zero-order valence-electron chi connectivity index (χ0n) is 14.1. The molecule has 122 valence electrons. The van der Waals surface area contributed by atoms with Crippen LogP contribution in [0.25, 0.3) is 0 Å². The summed E-state index contributed by atoms with van der Waals surface area (Å²) in [5.41, 5.74) is 2.28. The molecule has 0 aliphatic rings. The predicted molar refractivity (Wildman–Crippen MR) is 89.8 cm³/mol. The van der Waals surface area contributed by atoms with E-state index in [9.17, 15) is 9.59 Å². The summed E-state index contributed by atoms with van der Waals surface area (Å²) in [6.45, 7) is 9.38. The summed E-state index contributed by atoms with van der Waals surface area (Å²) in [4.78, 5) is 24.6. The zero-order chi connectivity index (χ0) is 17.2. The van der Waals surface area contributed by atoms with Crippen molar-refractivity contribution in [2.45, 2.75) is 40.2 Å². The Labute approximate surface area is 136 Å². The second-order valence-corrected chi connectivity index (χ2v) is 6.57. The summed E-state index contributed by atoms with van der Waals surface area (Å²) in [7, 11) is 0. The van der Waals surface area contributed by atoms with Crippen molar-refractivity contribution in [1.29, 1.82) is 0 Å². The highest BCUT2D eigenvalue weighted by molar-refractivity contribution is 6.05. The molecule has 1 aromatic carbocycles. The lowest BCUT2D eigenvalue weighted by atomic mass is 10.0. The van der Waals surface area contributed by atoms with E-state index in [1.807, 2.05) is 27.7 Å². The molecule has 0 unspecified atom stereocenters. The summed E-state index contributed by atoms with van der Waals surface area (Å²) in [5, 5.41) is 5.72. The SMILES string of the molecule is Cc1ccoc1C(=O)Nc1cccc(C(=O)NC(C)(C)C)c1C. The van der Waals surface area contributed by atoms with Crippen LogP contribution in [-0.4, -0.2) is 17.4 Å². The fourth-order valence-corrected chi connectivity index (χ4v) is 2.21. The zero-order valence-corrected chi connectivity index (χ0v) is 14.1. The number of carbonyl (C=O) groups is 2. The highest BCUT2D eigenvalue weighted by Crippen LogP contribution is 2.21. The van der Waals surface area contributed by atoms with E-state index in [4.69, 9.17) is 4.42 Å². The molecular weight excluding hydrogens is 292 g/mol. The predicted octanol–water partition coefficient (Wildman–Crippen LogP) is 3.68. The number of carbonyl (C=O) groups excluding carboxylic acids is 2. The van der Waals surface area contributed by atoms with Crippen molar-refractivity contribution in [2.24, 2.45) is 0 Å². The molecule has 0 atom stereocenters. The van der Waals surface area contributed by atoms with Crippen molar-refractivity contribution in [1.82, 2.24) is 5.32 Å². The molecule has 0 aliphatic heterocycles. The minimum atomic E-state index is -0.330. The van der Waals surface area contributed by atoms with Crippen LogP contribution in [0.1, 0.15) is 52.8 Å². The Morgan fingerprint density at radius 1 is 1.04 bits per heavy atom. The van der Waals surface area contributed by atoms with Gasteiger partial charge in [-0.05, 0) is 58.4 Å². The number of benzene rings is 1. The topological polar surface area (TPSA) is 71.3 Å². The normalized spacial score (nSPS) is 11.2. The van der Waals surface area contributed by atoms with Gasteiger partial charge in [0.05, 0.1) is 6.26 Å². The lowest BCUT2D eigenvalue weighted by Crippen LogP contribution is -2.40. The maximum absolute atomic E-state index is 12.4. The van der Waals surface area contributed by atoms with Crippen molar-refractivity contribution in [3.8, 4) is 0 Å². The van der Waals surface area contributed by atoms with Crippen molar-refractivity contribution in [3.05, 3.63) is 53.0 Å². The van der Waals surface area contributed by atoms with E-state index in [-0.39, 0.29) is 23.1 Å². The van der Waals surface area contributed by atoms with Crippen LogP contribution in [0.3, 0.4) is 0 Å². The van der Waals surface area contributed by atoms with Crippen LogP contribution in [0.5, 0.6) is 0 Å². The highest BCUT2D eigenvalue weighted by atomic mass is 16.3. The van der Waals surface area contributed by atoms with Crippen LogP contribution in [0.4, 0.5) is 5.69 Å². The largest absolute Gasteiger partial charge is 0.459 e. The van der Waals surface area contributed by atoms with E-state index < -0.39 is 0 Å². The van der Waals surface area contributed by atoms with Gasteiger partial charge in [-0.2, -0.15) is 0 Å². The molecule has 0 aliphatic carbocycles. The number of hydrogen-bond acceptors (Lipinski definition) is 3. The van der Waals surface area contributed by atoms with Crippen LogP contribution in [0.2, 0.25) is 0 Å². The lowest BCUT2D eigenvalue weighted by Gasteiger charge is -2.21. The minimum absolute atomic E-state index is 0.166. The smallest absolute Gasteiger partial charge is 0.291 e. The highest BCUT2D eigenvalue weighted by Gasteiger charge is 2.19. The van der Waals surface area contributed by atoms with Crippen LogP contribution in [-0.2, 0) is 0 Å². The minimum Gasteiger partial charge on any atom is -0.459 e. The van der Waals surface area contributed by atoms with Gasteiger partial charge in [-0.15, -0.1) is 0 Å². The Morgan fingerprint density at radius 3 is 2.30 bits per heavy atom. The molecule has 0 radical (unpaired) electrons. The van der Waals surface area contributed by atoms with Crippen LogP contribution >= 0.6 is 0 Å². The number of aryl methyl sites for hydroxylation is 1. The van der Waals surface area contributed by atoms with Crippen LogP contribution in [0.15, 0.2) is 34.9 Å². The maximum atomic E-state index is 12.4. The van der Waals surface area contributed by atoms with E-state index in [0.29, 0.717) is 16.8 Å². The molecule has 1 aromatic heterocycles. The Morgan fingerprint density at radius 2 is 1.74 bits per heavy atom. The van der Waals surface area contributed by atoms with Gasteiger partial charge in [0.25, 0.3) is 11.8 Å².